The number of aliphatic imine (C=N–C) groups is 1. The maximum atomic E-state index is 13.1. The molecule has 1 aliphatic rings. The van der Waals surface area contributed by atoms with Crippen molar-refractivity contribution in [3.63, 3.8) is 0 Å². The molecule has 2 aromatic rings. The van der Waals surface area contributed by atoms with Crippen LogP contribution < -0.4 is 5.56 Å². The first-order valence-corrected chi connectivity index (χ1v) is 8.45. The molecule has 0 amide bonds. The first-order chi connectivity index (χ1) is 12.1. The Morgan fingerprint density at radius 2 is 1.96 bits per heavy atom. The van der Waals surface area contributed by atoms with Crippen LogP contribution in [-0.4, -0.2) is 59.8 Å². The van der Waals surface area contributed by atoms with Crippen molar-refractivity contribution in [3.8, 4) is 5.69 Å². The van der Waals surface area contributed by atoms with E-state index in [1.807, 2.05) is 13.8 Å². The second kappa shape index (κ2) is 7.76. The summed E-state index contributed by atoms with van der Waals surface area (Å²) < 4.78 is 19.8. The van der Waals surface area contributed by atoms with Gasteiger partial charge < -0.3 is 4.74 Å². The molecule has 1 aromatic carbocycles. The third kappa shape index (κ3) is 4.05. The van der Waals surface area contributed by atoms with Crippen molar-refractivity contribution in [2.24, 2.45) is 4.99 Å². The Morgan fingerprint density at radius 1 is 1.28 bits per heavy atom. The summed E-state index contributed by atoms with van der Waals surface area (Å²) in [4.78, 5) is 19.6. The highest BCUT2D eigenvalue weighted by Crippen LogP contribution is 2.09. The predicted octanol–water partition coefficient (Wildman–Crippen LogP) is 1.75. The smallest absolute Gasteiger partial charge is 0.280 e. The van der Waals surface area contributed by atoms with Gasteiger partial charge in [-0.15, -0.1) is 0 Å². The van der Waals surface area contributed by atoms with E-state index in [4.69, 9.17) is 4.74 Å². The summed E-state index contributed by atoms with van der Waals surface area (Å²) in [5, 5.41) is 3.04. The molecule has 7 heteroatoms. The number of hydrogen-bond donors (Lipinski definition) is 1. The van der Waals surface area contributed by atoms with Crippen LogP contribution in [0.15, 0.2) is 34.1 Å². The summed E-state index contributed by atoms with van der Waals surface area (Å²) in [6.45, 7) is 8.58. The Morgan fingerprint density at radius 3 is 2.64 bits per heavy atom. The van der Waals surface area contributed by atoms with Crippen LogP contribution >= 0.6 is 0 Å². The molecular formula is C18H23FN4O2. The summed E-state index contributed by atoms with van der Waals surface area (Å²) in [7, 11) is 0. The lowest BCUT2D eigenvalue weighted by Gasteiger charge is -2.25. The number of rotatable bonds is 5. The number of morpholine rings is 1. The lowest BCUT2D eigenvalue weighted by molar-refractivity contribution is 0.0394. The minimum absolute atomic E-state index is 0.170. The lowest BCUT2D eigenvalue weighted by Crippen LogP contribution is -2.37. The van der Waals surface area contributed by atoms with Gasteiger partial charge in [-0.2, -0.15) is 0 Å². The fraction of sp³-hybridized carbons (Fsp3) is 0.444. The molecule has 0 spiro atoms. The Kier molecular flexibility index (Phi) is 5.45. The van der Waals surface area contributed by atoms with Crippen LogP contribution in [0.25, 0.3) is 5.69 Å². The predicted molar refractivity (Wildman–Crippen MR) is 95.4 cm³/mol. The Bertz CT molecular complexity index is 801. The normalized spacial score (nSPS) is 16.4. The Hall–Kier alpha value is -2.25. The molecule has 134 valence electrons. The van der Waals surface area contributed by atoms with Crippen LogP contribution in [0.5, 0.6) is 0 Å². The van der Waals surface area contributed by atoms with E-state index in [-0.39, 0.29) is 11.4 Å². The van der Waals surface area contributed by atoms with Crippen LogP contribution in [0.1, 0.15) is 18.2 Å². The van der Waals surface area contributed by atoms with Crippen molar-refractivity contribution < 1.29 is 9.13 Å². The van der Waals surface area contributed by atoms with Crippen LogP contribution in [0, 0.1) is 12.7 Å². The third-order valence-electron chi connectivity index (χ3n) is 4.39. The lowest BCUT2D eigenvalue weighted by atomic mass is 10.2. The van der Waals surface area contributed by atoms with E-state index in [9.17, 15) is 9.18 Å². The van der Waals surface area contributed by atoms with E-state index < -0.39 is 0 Å². The van der Waals surface area contributed by atoms with Gasteiger partial charge in [0.05, 0.1) is 31.0 Å². The Balaban J connectivity index is 1.76. The largest absolute Gasteiger partial charge is 0.379 e. The van der Waals surface area contributed by atoms with Gasteiger partial charge in [0.1, 0.15) is 5.82 Å². The average Bonchev–Trinajstić information content (AvgIpc) is 2.91. The van der Waals surface area contributed by atoms with E-state index in [0.717, 1.165) is 38.5 Å². The first-order valence-electron chi connectivity index (χ1n) is 8.45. The number of aromatic amines is 1. The highest BCUT2D eigenvalue weighted by molar-refractivity contribution is 5.99. The van der Waals surface area contributed by atoms with Crippen molar-refractivity contribution in [2.75, 3.05) is 39.4 Å². The van der Waals surface area contributed by atoms with Gasteiger partial charge >= 0.3 is 0 Å². The molecule has 1 N–H and O–H groups in total. The zero-order valence-electron chi connectivity index (χ0n) is 14.6. The van der Waals surface area contributed by atoms with E-state index in [2.05, 4.69) is 15.0 Å². The SMILES string of the molecule is CC(=NCCN1CCOCC1)c1c(C)[nH]n(-c2ccc(F)cc2)c1=O. The number of benzene rings is 1. The zero-order chi connectivity index (χ0) is 17.8. The van der Waals surface area contributed by atoms with E-state index in [1.54, 1.807) is 12.1 Å². The number of aryl methyl sites for hydroxylation is 1. The van der Waals surface area contributed by atoms with Gasteiger partial charge in [-0.1, -0.05) is 0 Å². The number of H-pyrrole nitrogens is 1. The number of aromatic nitrogens is 2. The van der Waals surface area contributed by atoms with Crippen molar-refractivity contribution in [1.29, 1.82) is 0 Å². The standard InChI is InChI=1S/C18H23FN4O2/c1-13(20-7-8-22-9-11-25-12-10-22)17-14(2)21-23(18(17)24)16-5-3-15(19)4-6-16/h3-6,21H,7-12H2,1-2H3. The molecular weight excluding hydrogens is 323 g/mol. The minimum Gasteiger partial charge on any atom is -0.379 e. The maximum absolute atomic E-state index is 13.1. The number of nitrogens with one attached hydrogen (secondary N) is 1. The number of halogens is 1. The second-order valence-corrected chi connectivity index (χ2v) is 6.15. The molecule has 0 saturated carbocycles. The first kappa shape index (κ1) is 17.6. The van der Waals surface area contributed by atoms with Crippen LogP contribution in [0.3, 0.4) is 0 Å². The zero-order valence-corrected chi connectivity index (χ0v) is 14.6. The molecule has 25 heavy (non-hydrogen) atoms. The van der Waals surface area contributed by atoms with Crippen LogP contribution in [-0.2, 0) is 4.74 Å². The maximum Gasteiger partial charge on any atom is 0.280 e. The van der Waals surface area contributed by atoms with Gasteiger partial charge in [0.2, 0.25) is 0 Å². The monoisotopic (exact) mass is 346 g/mol. The molecule has 3 rings (SSSR count). The summed E-state index contributed by atoms with van der Waals surface area (Å²) >= 11 is 0. The van der Waals surface area contributed by atoms with Gasteiger partial charge in [-0.25, -0.2) is 9.07 Å². The van der Waals surface area contributed by atoms with Crippen molar-refractivity contribution in [3.05, 3.63) is 51.7 Å². The molecule has 1 fully saturated rings. The molecule has 0 aliphatic carbocycles. The number of hydrogen-bond acceptors (Lipinski definition) is 4. The Labute approximate surface area is 145 Å². The van der Waals surface area contributed by atoms with Crippen LogP contribution in [0.2, 0.25) is 0 Å². The molecule has 6 nitrogen and oxygen atoms in total. The number of ether oxygens (including phenoxy) is 1. The van der Waals surface area contributed by atoms with E-state index in [1.165, 1.54) is 16.8 Å². The molecule has 1 aliphatic heterocycles. The topological polar surface area (TPSA) is 62.6 Å². The third-order valence-corrected chi connectivity index (χ3v) is 4.39. The van der Waals surface area contributed by atoms with Crippen molar-refractivity contribution in [1.82, 2.24) is 14.7 Å². The molecule has 0 bridgehead atoms. The molecule has 1 aromatic heterocycles. The highest BCUT2D eigenvalue weighted by atomic mass is 19.1. The molecule has 2 heterocycles. The minimum atomic E-state index is -0.332. The van der Waals surface area contributed by atoms with Gasteiger partial charge in [0.25, 0.3) is 5.56 Å². The van der Waals surface area contributed by atoms with Gasteiger partial charge in [-0.3, -0.25) is 19.8 Å². The summed E-state index contributed by atoms with van der Waals surface area (Å²) in [5.41, 5.74) is 2.47. The van der Waals surface area contributed by atoms with Gasteiger partial charge in [-0.05, 0) is 38.1 Å². The number of nitrogens with zero attached hydrogens (tertiary/aromatic N) is 3. The fourth-order valence-electron chi connectivity index (χ4n) is 3.01. The second-order valence-electron chi connectivity index (χ2n) is 6.15. The molecule has 0 atom stereocenters. The van der Waals surface area contributed by atoms with Crippen LogP contribution in [0.4, 0.5) is 4.39 Å². The van der Waals surface area contributed by atoms with E-state index in [0.29, 0.717) is 23.5 Å². The van der Waals surface area contributed by atoms with E-state index >= 15 is 0 Å². The molecule has 0 unspecified atom stereocenters. The summed E-state index contributed by atoms with van der Waals surface area (Å²) in [6.07, 6.45) is 0. The molecule has 1 saturated heterocycles. The van der Waals surface area contributed by atoms with Crippen molar-refractivity contribution in [2.45, 2.75) is 13.8 Å². The quantitative estimate of drug-likeness (QED) is 0.839. The fourth-order valence-corrected chi connectivity index (χ4v) is 3.01. The summed E-state index contributed by atoms with van der Waals surface area (Å²) in [6, 6.07) is 5.81. The van der Waals surface area contributed by atoms with Gasteiger partial charge in [0, 0.05) is 31.0 Å². The van der Waals surface area contributed by atoms with Gasteiger partial charge in [0.15, 0.2) is 0 Å². The summed E-state index contributed by atoms with van der Waals surface area (Å²) in [5.74, 6) is -0.332. The highest BCUT2D eigenvalue weighted by Gasteiger charge is 2.15. The average molecular weight is 346 g/mol. The van der Waals surface area contributed by atoms with Crippen molar-refractivity contribution >= 4 is 5.71 Å². The molecule has 0 radical (unpaired) electrons.